The van der Waals surface area contributed by atoms with Crippen molar-refractivity contribution in [1.29, 1.82) is 0 Å². The number of benzene rings is 1. The van der Waals surface area contributed by atoms with Crippen LogP contribution in [0.15, 0.2) is 24.3 Å². The standard InChI is InChI=1S/C12H15F3O/c1-2-3-9-4-6-10(7-5-9)11(8-16)12(13,14)15/h4-7,11,16H,2-3,8H2,1H3. The summed E-state index contributed by atoms with van der Waals surface area (Å²) >= 11 is 0. The maximum absolute atomic E-state index is 12.5. The molecule has 1 rings (SSSR count). The van der Waals surface area contributed by atoms with Crippen molar-refractivity contribution in [3.63, 3.8) is 0 Å². The van der Waals surface area contributed by atoms with E-state index in [4.69, 9.17) is 5.11 Å². The Hall–Kier alpha value is -1.03. The number of aliphatic hydroxyl groups is 1. The zero-order chi connectivity index (χ0) is 12.2. The van der Waals surface area contributed by atoms with Gasteiger partial charge in [0.15, 0.2) is 0 Å². The van der Waals surface area contributed by atoms with Gasteiger partial charge < -0.3 is 5.11 Å². The van der Waals surface area contributed by atoms with Gasteiger partial charge in [-0.3, -0.25) is 0 Å². The van der Waals surface area contributed by atoms with E-state index in [9.17, 15) is 13.2 Å². The van der Waals surface area contributed by atoms with Gasteiger partial charge in [0.2, 0.25) is 0 Å². The lowest BCUT2D eigenvalue weighted by atomic mass is 9.97. The fraction of sp³-hybridized carbons (Fsp3) is 0.500. The molecule has 0 aromatic heterocycles. The van der Waals surface area contributed by atoms with Crippen molar-refractivity contribution >= 4 is 0 Å². The molecule has 1 aromatic carbocycles. The molecule has 0 aliphatic carbocycles. The first-order valence-electron chi connectivity index (χ1n) is 5.25. The Balaban J connectivity index is 2.87. The van der Waals surface area contributed by atoms with Crippen LogP contribution in [0.3, 0.4) is 0 Å². The molecule has 4 heteroatoms. The van der Waals surface area contributed by atoms with E-state index >= 15 is 0 Å². The topological polar surface area (TPSA) is 20.2 Å². The van der Waals surface area contributed by atoms with Gasteiger partial charge in [-0.25, -0.2) is 0 Å². The van der Waals surface area contributed by atoms with Crippen LogP contribution < -0.4 is 0 Å². The van der Waals surface area contributed by atoms with Gasteiger partial charge in [-0.05, 0) is 17.5 Å². The van der Waals surface area contributed by atoms with Gasteiger partial charge in [0.05, 0.1) is 6.61 Å². The Labute approximate surface area is 92.9 Å². The van der Waals surface area contributed by atoms with Crippen molar-refractivity contribution in [2.75, 3.05) is 6.61 Å². The third-order valence-electron chi connectivity index (χ3n) is 2.50. The van der Waals surface area contributed by atoms with Gasteiger partial charge in [0.25, 0.3) is 0 Å². The molecule has 0 spiro atoms. The minimum Gasteiger partial charge on any atom is -0.395 e. The van der Waals surface area contributed by atoms with Crippen LogP contribution in [-0.4, -0.2) is 17.9 Å². The van der Waals surface area contributed by atoms with Crippen LogP contribution in [0.5, 0.6) is 0 Å². The summed E-state index contributed by atoms with van der Waals surface area (Å²) in [6.07, 6.45) is -2.57. The molecule has 0 bridgehead atoms. The summed E-state index contributed by atoms with van der Waals surface area (Å²) in [6, 6.07) is 6.26. The molecule has 0 aliphatic heterocycles. The van der Waals surface area contributed by atoms with Crippen LogP contribution in [-0.2, 0) is 6.42 Å². The second-order valence-corrected chi connectivity index (χ2v) is 3.77. The minimum absolute atomic E-state index is 0.120. The van der Waals surface area contributed by atoms with Gasteiger partial charge in [-0.2, -0.15) is 13.2 Å². The Morgan fingerprint density at radius 3 is 2.12 bits per heavy atom. The smallest absolute Gasteiger partial charge is 0.395 e. The second-order valence-electron chi connectivity index (χ2n) is 3.77. The molecule has 0 radical (unpaired) electrons. The van der Waals surface area contributed by atoms with Crippen LogP contribution in [0.1, 0.15) is 30.4 Å². The molecular formula is C12H15F3O. The van der Waals surface area contributed by atoms with Crippen LogP contribution in [0.4, 0.5) is 13.2 Å². The lowest BCUT2D eigenvalue weighted by Crippen LogP contribution is -2.23. The minimum atomic E-state index is -4.39. The third-order valence-corrected chi connectivity index (χ3v) is 2.50. The first-order valence-corrected chi connectivity index (χ1v) is 5.25. The Morgan fingerprint density at radius 1 is 1.19 bits per heavy atom. The third kappa shape index (κ3) is 3.23. The van der Waals surface area contributed by atoms with E-state index in [2.05, 4.69) is 0 Å². The van der Waals surface area contributed by atoms with Crippen LogP contribution >= 0.6 is 0 Å². The second kappa shape index (κ2) is 5.34. The van der Waals surface area contributed by atoms with E-state index in [1.165, 1.54) is 12.1 Å². The SMILES string of the molecule is CCCc1ccc(C(CO)C(F)(F)F)cc1. The van der Waals surface area contributed by atoms with Gasteiger partial charge in [-0.15, -0.1) is 0 Å². The van der Waals surface area contributed by atoms with Gasteiger partial charge in [-0.1, -0.05) is 37.6 Å². The maximum Gasteiger partial charge on any atom is 0.397 e. The van der Waals surface area contributed by atoms with E-state index in [0.29, 0.717) is 0 Å². The number of rotatable bonds is 4. The highest BCUT2D eigenvalue weighted by Gasteiger charge is 2.40. The number of alkyl halides is 3. The van der Waals surface area contributed by atoms with E-state index in [1.54, 1.807) is 12.1 Å². The molecule has 0 saturated heterocycles. The average molecular weight is 232 g/mol. The van der Waals surface area contributed by atoms with E-state index in [1.807, 2.05) is 6.92 Å². The molecule has 1 nitrogen and oxygen atoms in total. The predicted octanol–water partition coefficient (Wildman–Crippen LogP) is 3.28. The average Bonchev–Trinajstić information content (AvgIpc) is 2.20. The highest BCUT2D eigenvalue weighted by atomic mass is 19.4. The molecule has 0 fully saturated rings. The van der Waals surface area contributed by atoms with Crippen LogP contribution in [0.25, 0.3) is 0 Å². The summed E-state index contributed by atoms with van der Waals surface area (Å²) in [6.45, 7) is 1.11. The summed E-state index contributed by atoms with van der Waals surface area (Å²) in [5, 5.41) is 8.77. The molecule has 0 amide bonds. The summed E-state index contributed by atoms with van der Waals surface area (Å²) in [5.74, 6) is -1.77. The highest BCUT2D eigenvalue weighted by molar-refractivity contribution is 5.26. The number of hydrogen-bond donors (Lipinski definition) is 1. The summed E-state index contributed by atoms with van der Waals surface area (Å²) in [7, 11) is 0. The molecule has 16 heavy (non-hydrogen) atoms. The van der Waals surface area contributed by atoms with Crippen molar-refractivity contribution in [3.05, 3.63) is 35.4 Å². The normalized spacial score (nSPS) is 13.8. The Bertz CT molecular complexity index is 316. The fourth-order valence-corrected chi connectivity index (χ4v) is 1.60. The summed E-state index contributed by atoms with van der Waals surface area (Å²) in [5.41, 5.74) is 1.14. The molecule has 1 atom stereocenters. The van der Waals surface area contributed by atoms with E-state index in [-0.39, 0.29) is 5.56 Å². The zero-order valence-corrected chi connectivity index (χ0v) is 9.09. The van der Waals surface area contributed by atoms with Crippen LogP contribution in [0, 0.1) is 0 Å². The molecule has 90 valence electrons. The van der Waals surface area contributed by atoms with Crippen molar-refractivity contribution in [2.24, 2.45) is 0 Å². The molecule has 1 aromatic rings. The van der Waals surface area contributed by atoms with Crippen molar-refractivity contribution < 1.29 is 18.3 Å². The molecule has 0 heterocycles. The summed E-state index contributed by atoms with van der Waals surface area (Å²) in [4.78, 5) is 0. The Morgan fingerprint density at radius 2 is 1.75 bits per heavy atom. The van der Waals surface area contributed by atoms with Gasteiger partial charge >= 0.3 is 6.18 Å². The zero-order valence-electron chi connectivity index (χ0n) is 9.09. The predicted molar refractivity (Wildman–Crippen MR) is 56.3 cm³/mol. The largest absolute Gasteiger partial charge is 0.397 e. The summed E-state index contributed by atoms with van der Waals surface area (Å²) < 4.78 is 37.5. The molecular weight excluding hydrogens is 217 g/mol. The number of halogens is 3. The lowest BCUT2D eigenvalue weighted by Gasteiger charge is -2.18. The monoisotopic (exact) mass is 232 g/mol. The van der Waals surface area contributed by atoms with Gasteiger partial charge in [0, 0.05) is 0 Å². The quantitative estimate of drug-likeness (QED) is 0.844. The maximum atomic E-state index is 12.5. The fourth-order valence-electron chi connectivity index (χ4n) is 1.60. The first kappa shape index (κ1) is 13.0. The van der Waals surface area contributed by atoms with E-state index in [0.717, 1.165) is 18.4 Å². The first-order chi connectivity index (χ1) is 7.49. The van der Waals surface area contributed by atoms with Gasteiger partial charge in [0.1, 0.15) is 5.92 Å². The van der Waals surface area contributed by atoms with Crippen LogP contribution in [0.2, 0.25) is 0 Å². The van der Waals surface area contributed by atoms with Crippen molar-refractivity contribution in [3.8, 4) is 0 Å². The van der Waals surface area contributed by atoms with Crippen molar-refractivity contribution in [1.82, 2.24) is 0 Å². The van der Waals surface area contributed by atoms with Crippen molar-refractivity contribution in [2.45, 2.75) is 31.9 Å². The Kier molecular flexibility index (Phi) is 4.35. The number of hydrogen-bond acceptors (Lipinski definition) is 1. The molecule has 1 unspecified atom stereocenters. The lowest BCUT2D eigenvalue weighted by molar-refractivity contribution is -0.158. The number of aliphatic hydroxyl groups excluding tert-OH is 1. The molecule has 0 saturated carbocycles. The highest BCUT2D eigenvalue weighted by Crippen LogP contribution is 2.34. The molecule has 0 aliphatic rings. The molecule has 1 N–H and O–H groups in total. The number of aryl methyl sites for hydroxylation is 1. The van der Waals surface area contributed by atoms with E-state index < -0.39 is 18.7 Å².